The molecular weight excluding hydrogens is 464 g/mol. The van der Waals surface area contributed by atoms with Crippen molar-refractivity contribution < 1.29 is 19.0 Å². The number of methoxy groups -OCH3 is 1. The number of benzene rings is 2. The zero-order chi connectivity index (χ0) is 25.1. The molecule has 1 aliphatic rings. The van der Waals surface area contributed by atoms with Gasteiger partial charge in [0, 0.05) is 5.56 Å². The first-order valence-electron chi connectivity index (χ1n) is 11.5. The molecule has 0 fully saturated rings. The number of allylic oxidation sites excluding steroid dienone is 1. The fourth-order valence-electron chi connectivity index (χ4n) is 4.11. The third-order valence-electron chi connectivity index (χ3n) is 5.70. The number of esters is 1. The Hall–Kier alpha value is -3.65. The van der Waals surface area contributed by atoms with Gasteiger partial charge in [-0.05, 0) is 45.4 Å². The van der Waals surface area contributed by atoms with Crippen LogP contribution in [0.3, 0.4) is 0 Å². The average molecular weight is 493 g/mol. The summed E-state index contributed by atoms with van der Waals surface area (Å²) in [6.45, 7) is 7.99. The van der Waals surface area contributed by atoms with Gasteiger partial charge in [-0.15, -0.1) is 0 Å². The number of thiazole rings is 1. The number of nitrogens with zero attached hydrogens (tertiary/aromatic N) is 2. The predicted molar refractivity (Wildman–Crippen MR) is 136 cm³/mol. The highest BCUT2D eigenvalue weighted by atomic mass is 32.1. The number of fused-ring (bicyclic) bond motifs is 1. The second-order valence-electron chi connectivity index (χ2n) is 8.02. The highest BCUT2D eigenvalue weighted by Crippen LogP contribution is 2.40. The van der Waals surface area contributed by atoms with Crippen molar-refractivity contribution in [3.05, 3.63) is 90.1 Å². The summed E-state index contributed by atoms with van der Waals surface area (Å²) in [5.41, 5.74) is 3.25. The highest BCUT2D eigenvalue weighted by Gasteiger charge is 2.35. The molecule has 0 saturated carbocycles. The van der Waals surface area contributed by atoms with E-state index in [2.05, 4.69) is 4.99 Å². The average Bonchev–Trinajstić information content (AvgIpc) is 3.14. The summed E-state index contributed by atoms with van der Waals surface area (Å²) in [6, 6.07) is 12.6. The van der Waals surface area contributed by atoms with Gasteiger partial charge in [0.25, 0.3) is 5.56 Å². The van der Waals surface area contributed by atoms with Crippen molar-refractivity contribution in [2.75, 3.05) is 20.3 Å². The predicted octanol–water partition coefficient (Wildman–Crippen LogP) is 3.51. The van der Waals surface area contributed by atoms with E-state index >= 15 is 0 Å². The Morgan fingerprint density at radius 2 is 1.86 bits per heavy atom. The standard InChI is InChI=1S/C27H28N2O5S/c1-6-33-24-19(9-8-10-20(24)32-5)23-22(26(31)34-7-2)17(4)28-27-29(23)25(30)21(35-27)15-18-13-11-16(3)12-14-18/h8-15,23H,6-7H2,1-5H3/b21-15-/t23-/m0/s1. The lowest BCUT2D eigenvalue weighted by Crippen LogP contribution is -2.40. The van der Waals surface area contributed by atoms with Gasteiger partial charge in [0.05, 0.1) is 36.1 Å². The summed E-state index contributed by atoms with van der Waals surface area (Å²) in [5.74, 6) is 0.480. The number of aryl methyl sites for hydroxylation is 1. The van der Waals surface area contributed by atoms with Crippen LogP contribution in [0.15, 0.2) is 63.5 Å². The van der Waals surface area contributed by atoms with Crippen molar-refractivity contribution in [1.82, 2.24) is 4.57 Å². The van der Waals surface area contributed by atoms with E-state index in [-0.39, 0.29) is 12.2 Å². The molecule has 0 radical (unpaired) electrons. The molecule has 0 amide bonds. The van der Waals surface area contributed by atoms with Crippen LogP contribution < -0.4 is 24.4 Å². The number of aromatic nitrogens is 1. The maximum atomic E-state index is 13.8. The quantitative estimate of drug-likeness (QED) is 0.472. The minimum absolute atomic E-state index is 0.205. The van der Waals surface area contributed by atoms with E-state index < -0.39 is 12.0 Å². The highest BCUT2D eigenvalue weighted by molar-refractivity contribution is 7.07. The first kappa shape index (κ1) is 24.5. The van der Waals surface area contributed by atoms with Gasteiger partial charge in [0.1, 0.15) is 6.04 Å². The molecule has 8 heteroatoms. The van der Waals surface area contributed by atoms with Gasteiger partial charge in [-0.3, -0.25) is 9.36 Å². The maximum absolute atomic E-state index is 13.8. The van der Waals surface area contributed by atoms with Crippen LogP contribution in [0.5, 0.6) is 11.5 Å². The van der Waals surface area contributed by atoms with Crippen molar-refractivity contribution in [1.29, 1.82) is 0 Å². The smallest absolute Gasteiger partial charge is 0.338 e. The van der Waals surface area contributed by atoms with Crippen molar-refractivity contribution >= 4 is 23.4 Å². The molecule has 4 rings (SSSR count). The van der Waals surface area contributed by atoms with Gasteiger partial charge in [-0.2, -0.15) is 0 Å². The van der Waals surface area contributed by atoms with E-state index in [9.17, 15) is 9.59 Å². The Bertz CT molecular complexity index is 1460. The van der Waals surface area contributed by atoms with Crippen molar-refractivity contribution in [2.45, 2.75) is 33.7 Å². The summed E-state index contributed by atoms with van der Waals surface area (Å²) in [5, 5.41) is 0. The Balaban J connectivity index is 2.01. The lowest BCUT2D eigenvalue weighted by molar-refractivity contribution is -0.139. The molecule has 1 aromatic heterocycles. The van der Waals surface area contributed by atoms with E-state index in [1.807, 2.05) is 56.3 Å². The molecule has 0 aliphatic carbocycles. The molecular formula is C27H28N2O5S. The minimum atomic E-state index is -0.776. The van der Waals surface area contributed by atoms with Gasteiger partial charge >= 0.3 is 5.97 Å². The van der Waals surface area contributed by atoms with E-state index in [1.54, 1.807) is 31.6 Å². The van der Waals surface area contributed by atoms with E-state index in [0.717, 1.165) is 11.1 Å². The topological polar surface area (TPSA) is 79.1 Å². The fraction of sp³-hybridized carbons (Fsp3) is 0.296. The van der Waals surface area contributed by atoms with Crippen LogP contribution in [0.1, 0.15) is 43.5 Å². The largest absolute Gasteiger partial charge is 0.493 e. The molecule has 1 aliphatic heterocycles. The monoisotopic (exact) mass is 492 g/mol. The number of ether oxygens (including phenoxy) is 3. The molecule has 2 aromatic carbocycles. The number of para-hydroxylation sites is 1. The zero-order valence-corrected chi connectivity index (χ0v) is 21.3. The van der Waals surface area contributed by atoms with E-state index in [1.165, 1.54) is 11.3 Å². The molecule has 0 bridgehead atoms. The molecule has 3 aromatic rings. The van der Waals surface area contributed by atoms with Gasteiger partial charge in [0.15, 0.2) is 16.3 Å². The molecule has 7 nitrogen and oxygen atoms in total. The van der Waals surface area contributed by atoms with Crippen LogP contribution >= 0.6 is 11.3 Å². The van der Waals surface area contributed by atoms with Crippen LogP contribution in [0.25, 0.3) is 6.08 Å². The molecule has 1 atom stereocenters. The lowest BCUT2D eigenvalue weighted by Gasteiger charge is -2.26. The van der Waals surface area contributed by atoms with Gasteiger partial charge < -0.3 is 14.2 Å². The number of carbonyl (C=O) groups excluding carboxylic acids is 1. The van der Waals surface area contributed by atoms with E-state index in [4.69, 9.17) is 14.2 Å². The number of carbonyl (C=O) groups is 1. The number of hydrogen-bond donors (Lipinski definition) is 0. The second kappa shape index (κ2) is 10.3. The third kappa shape index (κ3) is 4.66. The molecule has 35 heavy (non-hydrogen) atoms. The van der Waals surface area contributed by atoms with Crippen LogP contribution in [-0.4, -0.2) is 30.9 Å². The molecule has 0 unspecified atom stereocenters. The van der Waals surface area contributed by atoms with Gasteiger partial charge in [-0.1, -0.05) is 53.3 Å². The lowest BCUT2D eigenvalue weighted by atomic mass is 9.94. The molecule has 0 spiro atoms. The third-order valence-corrected chi connectivity index (χ3v) is 6.69. The van der Waals surface area contributed by atoms with Crippen molar-refractivity contribution in [2.24, 2.45) is 4.99 Å². The Morgan fingerprint density at radius 1 is 1.11 bits per heavy atom. The number of hydrogen-bond acceptors (Lipinski definition) is 7. The Labute approximate surface area is 207 Å². The Morgan fingerprint density at radius 3 is 2.51 bits per heavy atom. The van der Waals surface area contributed by atoms with E-state index in [0.29, 0.717) is 44.3 Å². The van der Waals surface area contributed by atoms with Gasteiger partial charge in [0.2, 0.25) is 0 Å². The molecule has 0 saturated heterocycles. The summed E-state index contributed by atoms with van der Waals surface area (Å²) in [6.07, 6.45) is 1.85. The van der Waals surface area contributed by atoms with Crippen molar-refractivity contribution in [3.8, 4) is 11.5 Å². The second-order valence-corrected chi connectivity index (χ2v) is 9.03. The fourth-order valence-corrected chi connectivity index (χ4v) is 5.15. The summed E-state index contributed by atoms with van der Waals surface area (Å²) in [7, 11) is 1.56. The normalized spacial score (nSPS) is 15.5. The minimum Gasteiger partial charge on any atom is -0.493 e. The summed E-state index contributed by atoms with van der Waals surface area (Å²) in [4.78, 5) is 32.0. The number of rotatable bonds is 7. The summed E-state index contributed by atoms with van der Waals surface area (Å²) < 4.78 is 19.0. The molecule has 2 heterocycles. The first-order valence-corrected chi connectivity index (χ1v) is 12.3. The zero-order valence-electron chi connectivity index (χ0n) is 20.5. The molecule has 0 N–H and O–H groups in total. The van der Waals surface area contributed by atoms with Crippen LogP contribution in [0.2, 0.25) is 0 Å². The molecule has 182 valence electrons. The summed E-state index contributed by atoms with van der Waals surface area (Å²) >= 11 is 1.29. The Kier molecular flexibility index (Phi) is 7.21. The van der Waals surface area contributed by atoms with Gasteiger partial charge in [-0.25, -0.2) is 9.79 Å². The van der Waals surface area contributed by atoms with Crippen molar-refractivity contribution in [3.63, 3.8) is 0 Å². The first-order chi connectivity index (χ1) is 16.9. The maximum Gasteiger partial charge on any atom is 0.338 e. The van der Waals surface area contributed by atoms with Crippen LogP contribution in [0, 0.1) is 6.92 Å². The SMILES string of the molecule is CCOC(=O)C1=C(C)N=c2s/c(=C\c3ccc(C)cc3)c(=O)n2[C@H]1c1cccc(OC)c1OCC. The van der Waals surface area contributed by atoms with Crippen LogP contribution in [0.4, 0.5) is 0 Å². The van der Waals surface area contributed by atoms with Crippen LogP contribution in [-0.2, 0) is 9.53 Å².